The number of hydrogen-bond donors (Lipinski definition) is 3. The highest BCUT2D eigenvalue weighted by Gasteiger charge is 2.59. The summed E-state index contributed by atoms with van der Waals surface area (Å²) in [5.41, 5.74) is -1.31. The van der Waals surface area contributed by atoms with Crippen molar-refractivity contribution < 1.29 is 53.9 Å². The number of likely N-dealkylation sites (tertiary alicyclic amines) is 1. The Labute approximate surface area is 238 Å². The van der Waals surface area contributed by atoms with Crippen LogP contribution in [0.1, 0.15) is 46.5 Å². The smallest absolute Gasteiger partial charge is 0.356 e. The Morgan fingerprint density at radius 3 is 2.26 bits per heavy atom. The van der Waals surface area contributed by atoms with Gasteiger partial charge in [-0.05, 0) is 36.2 Å². The predicted molar refractivity (Wildman–Crippen MR) is 136 cm³/mol. The first-order valence-corrected chi connectivity index (χ1v) is 15.1. The molecular formula is C25H34F6N4O6S. The summed E-state index contributed by atoms with van der Waals surface area (Å²) in [7, 11) is -4.36. The van der Waals surface area contributed by atoms with E-state index in [-0.39, 0.29) is 19.4 Å². The maximum atomic E-state index is 14.5. The van der Waals surface area contributed by atoms with Crippen LogP contribution in [-0.2, 0) is 29.0 Å². The maximum Gasteiger partial charge on any atom is 0.471 e. The molecule has 3 aliphatic rings. The van der Waals surface area contributed by atoms with Crippen LogP contribution in [0.2, 0.25) is 0 Å². The number of amides is 4. The first kappa shape index (κ1) is 33.6. The summed E-state index contributed by atoms with van der Waals surface area (Å²) in [5.74, 6) is -11.0. The second kappa shape index (κ2) is 11.7. The number of fused-ring (bicyclic) bond motifs is 1. The third kappa shape index (κ3) is 7.75. The Kier molecular flexibility index (Phi) is 9.36. The van der Waals surface area contributed by atoms with Crippen LogP contribution in [0.3, 0.4) is 0 Å². The van der Waals surface area contributed by atoms with E-state index in [9.17, 15) is 53.9 Å². The normalized spacial score (nSPS) is 27.7. The number of carbonyl (C=O) groups excluding carboxylic acids is 4. The molecule has 0 aromatic heterocycles. The van der Waals surface area contributed by atoms with Crippen molar-refractivity contribution in [2.45, 2.75) is 76.7 Å². The topological polar surface area (TPSA) is 142 Å². The lowest BCUT2D eigenvalue weighted by Crippen LogP contribution is -2.60. The maximum absolute atomic E-state index is 14.5. The summed E-state index contributed by atoms with van der Waals surface area (Å²) in [4.78, 5) is 52.0. The molecule has 6 atom stereocenters. The summed E-state index contributed by atoms with van der Waals surface area (Å²) in [6.45, 7) is 3.97. The van der Waals surface area contributed by atoms with Crippen LogP contribution in [0.15, 0.2) is 11.2 Å². The van der Waals surface area contributed by atoms with E-state index in [1.807, 2.05) is 0 Å². The van der Waals surface area contributed by atoms with Crippen LogP contribution in [0.5, 0.6) is 0 Å². The molecule has 3 fully saturated rings. The molecule has 1 aliphatic carbocycles. The molecular weight excluding hydrogens is 598 g/mol. The molecule has 2 heterocycles. The Hall–Kier alpha value is -2.85. The van der Waals surface area contributed by atoms with Gasteiger partial charge in [-0.3, -0.25) is 19.2 Å². The SMILES string of the molecule is CC(C)(C)[C@@H](NC(=O)C(F)(F)F)C(=O)N1C[C@H]2CC(F)(F)C[C@H]2[C@@H]1C(=O)N[C@@H](/C=C(/F)S(C)(=O)=O)C[C@@H]1CCNC1=O. The van der Waals surface area contributed by atoms with Gasteiger partial charge in [0.2, 0.25) is 38.6 Å². The van der Waals surface area contributed by atoms with E-state index in [0.29, 0.717) is 12.3 Å². The van der Waals surface area contributed by atoms with Crippen molar-refractivity contribution in [3.63, 3.8) is 0 Å². The van der Waals surface area contributed by atoms with E-state index in [1.54, 1.807) is 5.32 Å². The van der Waals surface area contributed by atoms with Gasteiger partial charge in [0.15, 0.2) is 0 Å². The van der Waals surface area contributed by atoms with Gasteiger partial charge in [0.1, 0.15) is 12.1 Å². The van der Waals surface area contributed by atoms with E-state index in [4.69, 9.17) is 0 Å². The van der Waals surface area contributed by atoms with Gasteiger partial charge in [-0.1, -0.05) is 20.8 Å². The number of sulfone groups is 1. The van der Waals surface area contributed by atoms with Crippen LogP contribution in [0.25, 0.3) is 0 Å². The standard InChI is InChI=1S/C25H34F6N4O6S/c1-23(2,3)18(34-22(39)25(29,30)31)21(38)35-11-13-9-24(27,28)10-15(13)17(35)20(37)33-14(8-16(26)42(4,40)41)7-12-5-6-32-19(12)36/h8,12-15,17-18H,5-7,9-11H2,1-4H3,(H,32,36)(H,33,37)(H,34,39)/b16-8-/t12-,13+,14+,15+,17+,18-/m0/s1. The first-order valence-electron chi connectivity index (χ1n) is 13.2. The zero-order valence-corrected chi connectivity index (χ0v) is 24.2. The summed E-state index contributed by atoms with van der Waals surface area (Å²) >= 11 is 0. The van der Waals surface area contributed by atoms with E-state index in [1.165, 1.54) is 20.8 Å². The molecule has 238 valence electrons. The van der Waals surface area contributed by atoms with E-state index in [2.05, 4.69) is 10.6 Å². The Bertz CT molecular complexity index is 1250. The van der Waals surface area contributed by atoms with Gasteiger partial charge in [-0.25, -0.2) is 17.2 Å². The van der Waals surface area contributed by atoms with E-state index < -0.39 is 111 Å². The molecule has 0 bridgehead atoms. The zero-order valence-electron chi connectivity index (χ0n) is 23.4. The average Bonchev–Trinajstić information content (AvgIpc) is 3.45. The van der Waals surface area contributed by atoms with Gasteiger partial charge in [0.25, 0.3) is 0 Å². The molecule has 0 aromatic rings. The van der Waals surface area contributed by atoms with Gasteiger partial charge < -0.3 is 20.9 Å². The quantitative estimate of drug-likeness (QED) is 0.349. The lowest BCUT2D eigenvalue weighted by atomic mass is 9.85. The number of alkyl halides is 5. The number of rotatable bonds is 8. The molecule has 4 amide bonds. The number of nitrogens with one attached hydrogen (secondary N) is 3. The Morgan fingerprint density at radius 2 is 1.76 bits per heavy atom. The van der Waals surface area contributed by atoms with Gasteiger partial charge in [0, 0.05) is 38.1 Å². The van der Waals surface area contributed by atoms with Crippen molar-refractivity contribution in [1.82, 2.24) is 20.9 Å². The van der Waals surface area contributed by atoms with Crippen LogP contribution in [0, 0.1) is 23.2 Å². The van der Waals surface area contributed by atoms with Crippen molar-refractivity contribution >= 4 is 33.5 Å². The Balaban J connectivity index is 1.97. The van der Waals surface area contributed by atoms with Gasteiger partial charge in [-0.2, -0.15) is 17.6 Å². The third-order valence-electron chi connectivity index (χ3n) is 7.79. The van der Waals surface area contributed by atoms with Crippen molar-refractivity contribution in [3.8, 4) is 0 Å². The molecule has 0 radical (unpaired) electrons. The first-order chi connectivity index (χ1) is 19.0. The van der Waals surface area contributed by atoms with E-state index >= 15 is 0 Å². The minimum Gasteiger partial charge on any atom is -0.356 e. The minimum absolute atomic E-state index is 0.252. The van der Waals surface area contributed by atoms with Crippen molar-refractivity contribution in [2.24, 2.45) is 23.2 Å². The second-order valence-electron chi connectivity index (χ2n) is 12.3. The van der Waals surface area contributed by atoms with Crippen molar-refractivity contribution in [2.75, 3.05) is 19.3 Å². The predicted octanol–water partition coefficient (Wildman–Crippen LogP) is 1.82. The molecule has 17 heteroatoms. The molecule has 2 aliphatic heterocycles. The Morgan fingerprint density at radius 1 is 1.14 bits per heavy atom. The summed E-state index contributed by atoms with van der Waals surface area (Å²) in [6.07, 6.45) is -5.67. The van der Waals surface area contributed by atoms with Crippen LogP contribution in [-0.4, -0.2) is 86.5 Å². The molecule has 3 rings (SSSR count). The number of nitrogens with zero attached hydrogens (tertiary/aromatic N) is 1. The minimum atomic E-state index is -5.33. The monoisotopic (exact) mass is 632 g/mol. The fraction of sp³-hybridized carbons (Fsp3) is 0.760. The highest BCUT2D eigenvalue weighted by molar-refractivity contribution is 7.94. The lowest BCUT2D eigenvalue weighted by molar-refractivity contribution is -0.176. The fourth-order valence-electron chi connectivity index (χ4n) is 5.78. The molecule has 2 saturated heterocycles. The van der Waals surface area contributed by atoms with Crippen molar-refractivity contribution in [3.05, 3.63) is 11.2 Å². The summed E-state index contributed by atoms with van der Waals surface area (Å²) in [6, 6.07) is -4.87. The lowest BCUT2D eigenvalue weighted by Gasteiger charge is -2.37. The molecule has 1 saturated carbocycles. The summed E-state index contributed by atoms with van der Waals surface area (Å²) in [5, 5.41) is 4.95. The van der Waals surface area contributed by atoms with Crippen LogP contribution < -0.4 is 16.0 Å². The average molecular weight is 633 g/mol. The van der Waals surface area contributed by atoms with E-state index in [0.717, 1.165) is 4.90 Å². The largest absolute Gasteiger partial charge is 0.471 e. The molecule has 0 unspecified atom stereocenters. The second-order valence-corrected chi connectivity index (χ2v) is 14.2. The molecule has 3 N–H and O–H groups in total. The highest BCUT2D eigenvalue weighted by atomic mass is 32.2. The van der Waals surface area contributed by atoms with Crippen LogP contribution >= 0.6 is 0 Å². The van der Waals surface area contributed by atoms with Crippen molar-refractivity contribution in [1.29, 1.82) is 0 Å². The molecule has 0 aromatic carbocycles. The molecule has 0 spiro atoms. The van der Waals surface area contributed by atoms with Gasteiger partial charge in [-0.15, -0.1) is 0 Å². The van der Waals surface area contributed by atoms with Crippen LogP contribution in [0.4, 0.5) is 26.3 Å². The summed E-state index contributed by atoms with van der Waals surface area (Å²) < 4.78 is 106. The third-order valence-corrected chi connectivity index (χ3v) is 8.63. The number of carbonyl (C=O) groups is 4. The zero-order chi connectivity index (χ0) is 32.0. The van der Waals surface area contributed by atoms with Gasteiger partial charge >= 0.3 is 12.1 Å². The van der Waals surface area contributed by atoms with Gasteiger partial charge in [0.05, 0.1) is 6.04 Å². The molecule has 42 heavy (non-hydrogen) atoms. The highest BCUT2D eigenvalue weighted by Crippen LogP contribution is 2.50. The molecule has 10 nitrogen and oxygen atoms in total. The number of halogens is 6. The number of hydrogen-bond acceptors (Lipinski definition) is 6. The fourth-order valence-corrected chi connectivity index (χ4v) is 6.19.